The smallest absolute Gasteiger partial charge is 0.325 e. The van der Waals surface area contributed by atoms with E-state index in [2.05, 4.69) is 5.32 Å². The number of methoxy groups -OCH3 is 1. The van der Waals surface area contributed by atoms with Crippen LogP contribution in [0.4, 0.5) is 0 Å². The van der Waals surface area contributed by atoms with E-state index in [1.54, 1.807) is 0 Å². The highest BCUT2D eigenvalue weighted by atomic mass is 16.5. The minimum Gasteiger partial charge on any atom is -0.468 e. The summed E-state index contributed by atoms with van der Waals surface area (Å²) in [6.07, 6.45) is 7.54. The van der Waals surface area contributed by atoms with E-state index in [1.807, 2.05) is 0 Å². The Bertz CT molecular complexity index is 249. The van der Waals surface area contributed by atoms with Crippen LogP contribution in [-0.4, -0.2) is 38.4 Å². The predicted molar refractivity (Wildman–Crippen MR) is 64.7 cm³/mol. The molecule has 0 aromatic rings. The van der Waals surface area contributed by atoms with E-state index < -0.39 is 0 Å². The third-order valence-electron chi connectivity index (χ3n) is 3.68. The summed E-state index contributed by atoms with van der Waals surface area (Å²) >= 11 is 0. The van der Waals surface area contributed by atoms with Crippen molar-refractivity contribution in [3.63, 3.8) is 0 Å². The van der Waals surface area contributed by atoms with Crippen LogP contribution in [0.5, 0.6) is 0 Å². The summed E-state index contributed by atoms with van der Waals surface area (Å²) in [4.78, 5) is 11.5. The zero-order valence-corrected chi connectivity index (χ0v) is 10.6. The van der Waals surface area contributed by atoms with E-state index in [1.165, 1.54) is 26.4 Å². The first-order valence-electron chi connectivity index (χ1n) is 6.71. The lowest BCUT2D eigenvalue weighted by molar-refractivity contribution is -0.144. The van der Waals surface area contributed by atoms with Crippen LogP contribution in [0.3, 0.4) is 0 Å². The molecule has 0 aliphatic heterocycles. The highest BCUT2D eigenvalue weighted by Crippen LogP contribution is 2.29. The van der Waals surface area contributed by atoms with Crippen molar-refractivity contribution >= 4 is 5.97 Å². The number of hydrogen-bond acceptors (Lipinski definition) is 4. The number of ether oxygens (including phenoxy) is 2. The van der Waals surface area contributed by atoms with Crippen LogP contribution in [0.25, 0.3) is 0 Å². The monoisotopic (exact) mass is 241 g/mol. The minimum absolute atomic E-state index is 0.208. The normalized spacial score (nSPS) is 21.9. The Morgan fingerprint density at radius 2 is 2.12 bits per heavy atom. The van der Waals surface area contributed by atoms with Gasteiger partial charge in [0, 0.05) is 12.6 Å². The number of rotatable bonds is 8. The molecule has 0 radical (unpaired) electrons. The lowest BCUT2D eigenvalue weighted by Gasteiger charge is -2.25. The van der Waals surface area contributed by atoms with Gasteiger partial charge in [0.2, 0.25) is 0 Å². The van der Waals surface area contributed by atoms with E-state index >= 15 is 0 Å². The summed E-state index contributed by atoms with van der Waals surface area (Å²) in [6, 6.07) is 0.211. The first-order valence-corrected chi connectivity index (χ1v) is 6.71. The van der Waals surface area contributed by atoms with Crippen LogP contribution in [0.2, 0.25) is 0 Å². The number of carbonyl (C=O) groups is 1. The van der Waals surface area contributed by atoms with Gasteiger partial charge in [-0.05, 0) is 25.2 Å². The molecule has 4 nitrogen and oxygen atoms in total. The molecule has 2 rings (SSSR count). The molecule has 0 aromatic carbocycles. The maximum absolute atomic E-state index is 11.5. The Balaban J connectivity index is 1.59. The Labute approximate surface area is 103 Å². The fourth-order valence-corrected chi connectivity index (χ4v) is 2.09. The molecule has 17 heavy (non-hydrogen) atoms. The second-order valence-corrected chi connectivity index (χ2v) is 5.18. The highest BCUT2D eigenvalue weighted by Gasteiger charge is 2.29. The van der Waals surface area contributed by atoms with Gasteiger partial charge in [0.15, 0.2) is 0 Å². The molecule has 2 fully saturated rings. The van der Waals surface area contributed by atoms with Crippen LogP contribution in [0, 0.1) is 5.92 Å². The Morgan fingerprint density at radius 3 is 2.65 bits per heavy atom. The molecule has 0 amide bonds. The van der Waals surface area contributed by atoms with Gasteiger partial charge in [-0.15, -0.1) is 0 Å². The zero-order valence-electron chi connectivity index (χ0n) is 10.6. The summed E-state index contributed by atoms with van der Waals surface area (Å²) < 4.78 is 10.4. The molecule has 1 N–H and O–H groups in total. The van der Waals surface area contributed by atoms with Gasteiger partial charge in [-0.3, -0.25) is 10.1 Å². The Hall–Kier alpha value is -0.610. The predicted octanol–water partition coefficient (Wildman–Crippen LogP) is 1.49. The van der Waals surface area contributed by atoms with Crippen molar-refractivity contribution in [2.45, 2.75) is 50.6 Å². The summed E-state index contributed by atoms with van der Waals surface area (Å²) in [5.74, 6) is 0.656. The average Bonchev–Trinajstić information content (AvgIpc) is 3.07. The summed E-state index contributed by atoms with van der Waals surface area (Å²) in [7, 11) is 1.43. The van der Waals surface area contributed by atoms with Gasteiger partial charge in [0.1, 0.15) is 6.04 Å². The first-order chi connectivity index (χ1) is 8.29. The molecule has 4 heteroatoms. The first kappa shape index (κ1) is 12.8. The van der Waals surface area contributed by atoms with Gasteiger partial charge in [-0.25, -0.2) is 0 Å². The summed E-state index contributed by atoms with van der Waals surface area (Å²) in [5.41, 5.74) is 0. The third kappa shape index (κ3) is 4.28. The SMILES string of the molecule is COC(=O)C(COCCC1CCC1)NC1CC1. The van der Waals surface area contributed by atoms with Crippen molar-refractivity contribution in [3.05, 3.63) is 0 Å². The van der Waals surface area contributed by atoms with E-state index in [0.717, 1.165) is 31.8 Å². The third-order valence-corrected chi connectivity index (χ3v) is 3.68. The summed E-state index contributed by atoms with van der Waals surface area (Å²) in [6.45, 7) is 1.21. The molecule has 0 spiro atoms. The van der Waals surface area contributed by atoms with Gasteiger partial charge in [0.25, 0.3) is 0 Å². The van der Waals surface area contributed by atoms with Gasteiger partial charge >= 0.3 is 5.97 Å². The maximum Gasteiger partial charge on any atom is 0.325 e. The lowest BCUT2D eigenvalue weighted by Crippen LogP contribution is -2.42. The molecule has 0 aromatic heterocycles. The van der Waals surface area contributed by atoms with Crippen molar-refractivity contribution in [1.82, 2.24) is 5.32 Å². The Kier molecular flexibility index (Phi) is 4.80. The van der Waals surface area contributed by atoms with Crippen molar-refractivity contribution in [2.24, 2.45) is 5.92 Å². The van der Waals surface area contributed by atoms with Crippen LogP contribution < -0.4 is 5.32 Å². The highest BCUT2D eigenvalue weighted by molar-refractivity contribution is 5.75. The van der Waals surface area contributed by atoms with Crippen molar-refractivity contribution in [1.29, 1.82) is 0 Å². The lowest BCUT2D eigenvalue weighted by atomic mass is 9.83. The molecule has 0 bridgehead atoms. The number of nitrogens with one attached hydrogen (secondary N) is 1. The summed E-state index contributed by atoms with van der Waals surface area (Å²) in [5, 5.41) is 3.26. The van der Waals surface area contributed by atoms with Gasteiger partial charge in [0.05, 0.1) is 13.7 Å². The molecule has 2 aliphatic rings. The zero-order chi connectivity index (χ0) is 12.1. The number of esters is 1. The maximum atomic E-state index is 11.5. The van der Waals surface area contributed by atoms with E-state index in [-0.39, 0.29) is 12.0 Å². The van der Waals surface area contributed by atoms with E-state index in [9.17, 15) is 4.79 Å². The molecule has 1 unspecified atom stereocenters. The van der Waals surface area contributed by atoms with E-state index in [4.69, 9.17) is 9.47 Å². The molecular weight excluding hydrogens is 218 g/mol. The second-order valence-electron chi connectivity index (χ2n) is 5.18. The topological polar surface area (TPSA) is 47.6 Å². The standard InChI is InChI=1S/C13H23NO3/c1-16-13(15)12(14-11-5-6-11)9-17-8-7-10-3-2-4-10/h10-12,14H,2-9H2,1H3. The molecule has 0 saturated heterocycles. The van der Waals surface area contributed by atoms with Crippen LogP contribution in [0.15, 0.2) is 0 Å². The molecular formula is C13H23NO3. The van der Waals surface area contributed by atoms with Crippen molar-refractivity contribution < 1.29 is 14.3 Å². The van der Waals surface area contributed by atoms with Crippen LogP contribution in [0.1, 0.15) is 38.5 Å². The number of hydrogen-bond donors (Lipinski definition) is 1. The van der Waals surface area contributed by atoms with Crippen LogP contribution in [-0.2, 0) is 14.3 Å². The van der Waals surface area contributed by atoms with Gasteiger partial charge < -0.3 is 9.47 Å². The molecule has 98 valence electrons. The van der Waals surface area contributed by atoms with Crippen LogP contribution >= 0.6 is 0 Å². The van der Waals surface area contributed by atoms with E-state index in [0.29, 0.717) is 12.6 Å². The molecule has 2 aliphatic carbocycles. The van der Waals surface area contributed by atoms with Crippen molar-refractivity contribution in [3.8, 4) is 0 Å². The van der Waals surface area contributed by atoms with Gasteiger partial charge in [-0.1, -0.05) is 19.3 Å². The average molecular weight is 241 g/mol. The van der Waals surface area contributed by atoms with Gasteiger partial charge in [-0.2, -0.15) is 0 Å². The molecule has 0 heterocycles. The minimum atomic E-state index is -0.283. The fourth-order valence-electron chi connectivity index (χ4n) is 2.09. The number of carbonyl (C=O) groups excluding carboxylic acids is 1. The second kappa shape index (κ2) is 6.36. The largest absolute Gasteiger partial charge is 0.468 e. The fraction of sp³-hybridized carbons (Fsp3) is 0.923. The van der Waals surface area contributed by atoms with Crippen molar-refractivity contribution in [2.75, 3.05) is 20.3 Å². The molecule has 1 atom stereocenters. The Morgan fingerprint density at radius 1 is 1.35 bits per heavy atom. The quantitative estimate of drug-likeness (QED) is 0.516. The molecule has 2 saturated carbocycles.